The van der Waals surface area contributed by atoms with Crippen molar-refractivity contribution < 1.29 is 9.90 Å². The number of carbonyl (C=O) groups is 1. The maximum atomic E-state index is 12.5. The van der Waals surface area contributed by atoms with Crippen molar-refractivity contribution in [2.75, 3.05) is 11.4 Å². The molecule has 102 valence electrons. The van der Waals surface area contributed by atoms with Gasteiger partial charge in [-0.15, -0.1) is 0 Å². The minimum Gasteiger partial charge on any atom is -0.378 e. The molecule has 0 fully saturated rings. The number of amides is 1. The Morgan fingerprint density at radius 1 is 1.35 bits per heavy atom. The van der Waals surface area contributed by atoms with Crippen LogP contribution in [-0.4, -0.2) is 22.5 Å². The standard InChI is InChI=1S/C16H16N2O2/c1-11-9-14-13(17-10-11)7-8-18(14)16(20)15(19)12-5-3-2-4-6-12/h2-6,9-10,15,19H,7-8H2,1H3. The lowest BCUT2D eigenvalue weighted by Crippen LogP contribution is -2.33. The highest BCUT2D eigenvalue weighted by atomic mass is 16.3. The Morgan fingerprint density at radius 2 is 2.10 bits per heavy atom. The SMILES string of the molecule is Cc1cnc2c(c1)N(C(=O)C(O)c1ccccc1)CC2. The van der Waals surface area contributed by atoms with Crippen molar-refractivity contribution in [2.24, 2.45) is 0 Å². The Labute approximate surface area is 117 Å². The number of hydrogen-bond acceptors (Lipinski definition) is 3. The van der Waals surface area contributed by atoms with Crippen molar-refractivity contribution in [1.82, 2.24) is 4.98 Å². The number of fused-ring (bicyclic) bond motifs is 1. The van der Waals surface area contributed by atoms with E-state index in [1.807, 2.05) is 31.2 Å². The van der Waals surface area contributed by atoms with Gasteiger partial charge in [-0.05, 0) is 24.1 Å². The van der Waals surface area contributed by atoms with Gasteiger partial charge in [-0.2, -0.15) is 0 Å². The summed E-state index contributed by atoms with van der Waals surface area (Å²) in [6.07, 6.45) is 1.42. The fourth-order valence-corrected chi connectivity index (χ4v) is 2.50. The predicted molar refractivity (Wildman–Crippen MR) is 76.4 cm³/mol. The first-order valence-corrected chi connectivity index (χ1v) is 6.67. The highest BCUT2D eigenvalue weighted by molar-refractivity contribution is 5.98. The maximum absolute atomic E-state index is 12.5. The molecule has 2 aromatic rings. The Bertz CT molecular complexity index is 640. The summed E-state index contributed by atoms with van der Waals surface area (Å²) in [5, 5.41) is 10.2. The molecular formula is C16H16N2O2. The van der Waals surface area contributed by atoms with Gasteiger partial charge >= 0.3 is 0 Å². The Kier molecular flexibility index (Phi) is 3.24. The third kappa shape index (κ3) is 2.18. The number of anilines is 1. The van der Waals surface area contributed by atoms with Crippen LogP contribution in [0.4, 0.5) is 5.69 Å². The summed E-state index contributed by atoms with van der Waals surface area (Å²) in [7, 11) is 0. The van der Waals surface area contributed by atoms with Crippen LogP contribution in [0.3, 0.4) is 0 Å². The summed E-state index contributed by atoms with van der Waals surface area (Å²) < 4.78 is 0. The molecule has 0 saturated heterocycles. The van der Waals surface area contributed by atoms with Crippen LogP contribution in [0.15, 0.2) is 42.6 Å². The summed E-state index contributed by atoms with van der Waals surface area (Å²) >= 11 is 0. The zero-order valence-electron chi connectivity index (χ0n) is 11.3. The maximum Gasteiger partial charge on any atom is 0.260 e. The first kappa shape index (κ1) is 12.8. The normalized spacial score (nSPS) is 15.0. The average Bonchev–Trinajstić information content (AvgIpc) is 2.89. The van der Waals surface area contributed by atoms with Gasteiger partial charge in [0.1, 0.15) is 0 Å². The topological polar surface area (TPSA) is 53.4 Å². The molecule has 0 spiro atoms. The number of hydrogen-bond donors (Lipinski definition) is 1. The van der Waals surface area contributed by atoms with Gasteiger partial charge in [0.25, 0.3) is 5.91 Å². The molecule has 1 unspecified atom stereocenters. The fourth-order valence-electron chi connectivity index (χ4n) is 2.50. The fraction of sp³-hybridized carbons (Fsp3) is 0.250. The molecule has 0 saturated carbocycles. The van der Waals surface area contributed by atoms with Crippen molar-refractivity contribution in [3.63, 3.8) is 0 Å². The van der Waals surface area contributed by atoms with E-state index in [0.717, 1.165) is 23.4 Å². The smallest absolute Gasteiger partial charge is 0.260 e. The molecule has 1 N–H and O–H groups in total. The number of rotatable bonds is 2. The van der Waals surface area contributed by atoms with Gasteiger partial charge in [-0.1, -0.05) is 30.3 Å². The van der Waals surface area contributed by atoms with Crippen LogP contribution in [0, 0.1) is 6.92 Å². The van der Waals surface area contributed by atoms with E-state index in [1.54, 1.807) is 23.2 Å². The lowest BCUT2D eigenvalue weighted by Gasteiger charge is -2.21. The van der Waals surface area contributed by atoms with Gasteiger partial charge in [-0.3, -0.25) is 9.78 Å². The summed E-state index contributed by atoms with van der Waals surface area (Å²) in [5.74, 6) is -0.289. The second-order valence-corrected chi connectivity index (χ2v) is 5.03. The molecule has 2 heterocycles. The molecule has 4 nitrogen and oxygen atoms in total. The number of nitrogens with zero attached hydrogens (tertiary/aromatic N) is 2. The van der Waals surface area contributed by atoms with Crippen LogP contribution in [0.1, 0.15) is 22.9 Å². The quantitative estimate of drug-likeness (QED) is 0.906. The van der Waals surface area contributed by atoms with Crippen molar-refractivity contribution in [3.8, 4) is 0 Å². The third-order valence-corrected chi connectivity index (χ3v) is 3.56. The molecule has 1 aliphatic rings. The third-order valence-electron chi connectivity index (χ3n) is 3.56. The zero-order valence-corrected chi connectivity index (χ0v) is 11.3. The Morgan fingerprint density at radius 3 is 2.85 bits per heavy atom. The zero-order chi connectivity index (χ0) is 14.1. The highest BCUT2D eigenvalue weighted by Gasteiger charge is 2.30. The van der Waals surface area contributed by atoms with Gasteiger partial charge in [0.05, 0.1) is 11.4 Å². The van der Waals surface area contributed by atoms with E-state index in [9.17, 15) is 9.90 Å². The van der Waals surface area contributed by atoms with Crippen molar-refractivity contribution >= 4 is 11.6 Å². The molecule has 1 amide bonds. The molecule has 1 aliphatic heterocycles. The van der Waals surface area contributed by atoms with E-state index in [4.69, 9.17) is 0 Å². The van der Waals surface area contributed by atoms with Gasteiger partial charge < -0.3 is 10.0 Å². The van der Waals surface area contributed by atoms with E-state index in [-0.39, 0.29) is 5.91 Å². The molecule has 0 aliphatic carbocycles. The monoisotopic (exact) mass is 268 g/mol. The number of aliphatic hydroxyl groups excluding tert-OH is 1. The number of pyridine rings is 1. The first-order chi connectivity index (χ1) is 9.66. The van der Waals surface area contributed by atoms with Crippen LogP contribution >= 0.6 is 0 Å². The van der Waals surface area contributed by atoms with Gasteiger partial charge in [0.2, 0.25) is 0 Å². The van der Waals surface area contributed by atoms with Gasteiger partial charge in [-0.25, -0.2) is 0 Å². The number of aliphatic hydroxyl groups is 1. The Balaban J connectivity index is 1.88. The van der Waals surface area contributed by atoms with E-state index in [2.05, 4.69) is 4.98 Å². The summed E-state index contributed by atoms with van der Waals surface area (Å²) in [4.78, 5) is 18.4. The minimum absolute atomic E-state index is 0.289. The van der Waals surface area contributed by atoms with Gasteiger partial charge in [0.15, 0.2) is 6.10 Å². The lowest BCUT2D eigenvalue weighted by atomic mass is 10.1. The average molecular weight is 268 g/mol. The number of carbonyl (C=O) groups excluding carboxylic acids is 1. The van der Waals surface area contributed by atoms with Crippen LogP contribution < -0.4 is 4.90 Å². The molecule has 0 bridgehead atoms. The van der Waals surface area contributed by atoms with Crippen LogP contribution in [-0.2, 0) is 11.2 Å². The van der Waals surface area contributed by atoms with Gasteiger partial charge in [0, 0.05) is 19.2 Å². The van der Waals surface area contributed by atoms with E-state index < -0.39 is 6.10 Å². The molecule has 0 radical (unpaired) electrons. The summed E-state index contributed by atoms with van der Waals surface area (Å²) in [6.45, 7) is 2.52. The van der Waals surface area contributed by atoms with Crippen molar-refractivity contribution in [2.45, 2.75) is 19.4 Å². The number of benzene rings is 1. The molecule has 1 atom stereocenters. The number of aryl methyl sites for hydroxylation is 1. The van der Waals surface area contributed by atoms with Crippen LogP contribution in [0.2, 0.25) is 0 Å². The summed E-state index contributed by atoms with van der Waals surface area (Å²) in [6, 6.07) is 11.0. The molecule has 1 aromatic carbocycles. The number of aromatic nitrogens is 1. The van der Waals surface area contributed by atoms with Crippen molar-refractivity contribution in [1.29, 1.82) is 0 Å². The second kappa shape index (κ2) is 5.06. The predicted octanol–water partition coefficient (Wildman–Crippen LogP) is 2.01. The molecular weight excluding hydrogens is 252 g/mol. The first-order valence-electron chi connectivity index (χ1n) is 6.67. The molecule has 20 heavy (non-hydrogen) atoms. The van der Waals surface area contributed by atoms with E-state index >= 15 is 0 Å². The van der Waals surface area contributed by atoms with Crippen molar-refractivity contribution in [3.05, 3.63) is 59.4 Å². The molecule has 1 aromatic heterocycles. The molecule has 4 heteroatoms. The molecule has 3 rings (SSSR count). The second-order valence-electron chi connectivity index (χ2n) is 5.03. The Hall–Kier alpha value is -2.20. The van der Waals surface area contributed by atoms with Crippen LogP contribution in [0.5, 0.6) is 0 Å². The van der Waals surface area contributed by atoms with Crippen LogP contribution in [0.25, 0.3) is 0 Å². The minimum atomic E-state index is -1.12. The van der Waals surface area contributed by atoms with E-state index in [0.29, 0.717) is 12.1 Å². The summed E-state index contributed by atoms with van der Waals surface area (Å²) in [5.41, 5.74) is 3.37. The largest absolute Gasteiger partial charge is 0.378 e. The lowest BCUT2D eigenvalue weighted by molar-refractivity contribution is -0.126. The van der Waals surface area contributed by atoms with E-state index in [1.165, 1.54) is 0 Å². The highest BCUT2D eigenvalue weighted by Crippen LogP contribution is 2.29.